The highest BCUT2D eigenvalue weighted by Gasteiger charge is 2.27. The predicted molar refractivity (Wildman–Crippen MR) is 105 cm³/mol. The molecule has 3 rings (SSSR count). The molecule has 0 bridgehead atoms. The van der Waals surface area contributed by atoms with Crippen LogP contribution in [0.15, 0.2) is 53.4 Å². The number of carbonyl (C=O) groups excluding carboxylic acids is 1. The van der Waals surface area contributed by atoms with Gasteiger partial charge in [0.05, 0.1) is 11.0 Å². The Morgan fingerprint density at radius 2 is 1.59 bits per heavy atom. The zero-order valence-electron chi connectivity index (χ0n) is 15.5. The molecule has 0 aliphatic carbocycles. The van der Waals surface area contributed by atoms with Crippen molar-refractivity contribution < 1.29 is 17.9 Å². The van der Waals surface area contributed by atoms with Crippen LogP contribution in [0.3, 0.4) is 0 Å². The summed E-state index contributed by atoms with van der Waals surface area (Å²) >= 11 is 0. The summed E-state index contributed by atoms with van der Waals surface area (Å²) in [6, 6.07) is 13.2. The SMILES string of the molecule is CC(C)Oc1ccc(NC(=O)c2ccc(S(=O)(=O)N3CCCC3)cc2)cc1. The minimum Gasteiger partial charge on any atom is -0.491 e. The first-order chi connectivity index (χ1) is 12.9. The van der Waals surface area contributed by atoms with Gasteiger partial charge in [0.1, 0.15) is 5.75 Å². The monoisotopic (exact) mass is 388 g/mol. The Morgan fingerprint density at radius 1 is 1.00 bits per heavy atom. The molecule has 1 N–H and O–H groups in total. The number of nitrogens with one attached hydrogen (secondary N) is 1. The van der Waals surface area contributed by atoms with Gasteiger partial charge in [-0.05, 0) is 75.2 Å². The summed E-state index contributed by atoms with van der Waals surface area (Å²) in [6.07, 6.45) is 1.86. The molecule has 1 aliphatic rings. The van der Waals surface area contributed by atoms with E-state index in [0.717, 1.165) is 18.6 Å². The molecule has 27 heavy (non-hydrogen) atoms. The van der Waals surface area contributed by atoms with E-state index in [1.807, 2.05) is 13.8 Å². The van der Waals surface area contributed by atoms with Crippen LogP contribution in [0.2, 0.25) is 0 Å². The molecule has 1 amide bonds. The first-order valence-corrected chi connectivity index (χ1v) is 10.5. The van der Waals surface area contributed by atoms with Gasteiger partial charge in [0.2, 0.25) is 10.0 Å². The summed E-state index contributed by atoms with van der Waals surface area (Å²) in [5.41, 5.74) is 1.04. The first kappa shape index (κ1) is 19.4. The Balaban J connectivity index is 1.67. The van der Waals surface area contributed by atoms with Gasteiger partial charge in [0.25, 0.3) is 5.91 Å². The van der Waals surface area contributed by atoms with E-state index in [0.29, 0.717) is 24.3 Å². The van der Waals surface area contributed by atoms with Crippen molar-refractivity contribution in [3.8, 4) is 5.75 Å². The van der Waals surface area contributed by atoms with Crippen LogP contribution in [0.5, 0.6) is 5.75 Å². The van der Waals surface area contributed by atoms with Gasteiger partial charge in [-0.3, -0.25) is 4.79 Å². The number of hydrogen-bond acceptors (Lipinski definition) is 4. The van der Waals surface area contributed by atoms with E-state index < -0.39 is 10.0 Å². The molecule has 2 aromatic carbocycles. The summed E-state index contributed by atoms with van der Waals surface area (Å²) in [5, 5.41) is 2.80. The fourth-order valence-corrected chi connectivity index (χ4v) is 4.47. The topological polar surface area (TPSA) is 75.7 Å². The quantitative estimate of drug-likeness (QED) is 0.822. The highest BCUT2D eigenvalue weighted by molar-refractivity contribution is 7.89. The second kappa shape index (κ2) is 8.10. The number of carbonyl (C=O) groups is 1. The molecular formula is C20H24N2O4S. The smallest absolute Gasteiger partial charge is 0.255 e. The Morgan fingerprint density at radius 3 is 2.15 bits per heavy atom. The van der Waals surface area contributed by atoms with Crippen LogP contribution in [-0.2, 0) is 10.0 Å². The lowest BCUT2D eigenvalue weighted by Gasteiger charge is -2.15. The molecule has 0 spiro atoms. The molecule has 6 nitrogen and oxygen atoms in total. The molecule has 0 radical (unpaired) electrons. The van der Waals surface area contributed by atoms with Crippen LogP contribution in [-0.4, -0.2) is 37.8 Å². The van der Waals surface area contributed by atoms with Gasteiger partial charge in [-0.1, -0.05) is 0 Å². The zero-order chi connectivity index (χ0) is 19.4. The van der Waals surface area contributed by atoms with Crippen LogP contribution >= 0.6 is 0 Å². The third-order valence-electron chi connectivity index (χ3n) is 4.30. The van der Waals surface area contributed by atoms with Gasteiger partial charge >= 0.3 is 0 Å². The molecule has 0 aromatic heterocycles. The minimum absolute atomic E-state index is 0.0841. The Bertz CT molecular complexity index is 885. The molecule has 7 heteroatoms. The highest BCUT2D eigenvalue weighted by Crippen LogP contribution is 2.22. The lowest BCUT2D eigenvalue weighted by molar-refractivity contribution is 0.102. The molecule has 0 unspecified atom stereocenters. The van der Waals surface area contributed by atoms with Crippen molar-refractivity contribution in [3.63, 3.8) is 0 Å². The molecule has 1 fully saturated rings. The van der Waals surface area contributed by atoms with Crippen molar-refractivity contribution in [1.82, 2.24) is 4.31 Å². The number of benzene rings is 2. The normalized spacial score (nSPS) is 15.1. The lowest BCUT2D eigenvalue weighted by Crippen LogP contribution is -2.27. The second-order valence-electron chi connectivity index (χ2n) is 6.78. The maximum Gasteiger partial charge on any atom is 0.255 e. The van der Waals surface area contributed by atoms with E-state index in [4.69, 9.17) is 4.74 Å². The summed E-state index contributed by atoms with van der Waals surface area (Å²) < 4.78 is 32.1. The van der Waals surface area contributed by atoms with E-state index in [1.54, 1.807) is 24.3 Å². The van der Waals surface area contributed by atoms with Crippen LogP contribution in [0, 0.1) is 0 Å². The second-order valence-corrected chi connectivity index (χ2v) is 8.72. The average molecular weight is 388 g/mol. The van der Waals surface area contributed by atoms with Crippen molar-refractivity contribution >= 4 is 21.6 Å². The third-order valence-corrected chi connectivity index (χ3v) is 6.22. The molecule has 2 aromatic rings. The number of anilines is 1. The fourth-order valence-electron chi connectivity index (χ4n) is 2.95. The van der Waals surface area contributed by atoms with E-state index in [1.165, 1.54) is 28.6 Å². The van der Waals surface area contributed by atoms with Crippen molar-refractivity contribution in [2.45, 2.75) is 37.7 Å². The minimum atomic E-state index is -3.47. The maximum absolute atomic E-state index is 12.5. The number of amides is 1. The zero-order valence-corrected chi connectivity index (χ0v) is 16.3. The molecule has 0 saturated carbocycles. The molecule has 144 valence electrons. The molecular weight excluding hydrogens is 364 g/mol. The Kier molecular flexibility index (Phi) is 5.82. The molecule has 1 heterocycles. The van der Waals surface area contributed by atoms with Crippen LogP contribution < -0.4 is 10.1 Å². The van der Waals surface area contributed by atoms with Gasteiger partial charge in [-0.25, -0.2) is 8.42 Å². The molecule has 1 saturated heterocycles. The van der Waals surface area contributed by atoms with Gasteiger partial charge < -0.3 is 10.1 Å². The lowest BCUT2D eigenvalue weighted by atomic mass is 10.2. The maximum atomic E-state index is 12.5. The van der Waals surface area contributed by atoms with E-state index in [2.05, 4.69) is 5.32 Å². The summed E-state index contributed by atoms with van der Waals surface area (Å²) in [4.78, 5) is 12.6. The predicted octanol–water partition coefficient (Wildman–Crippen LogP) is 3.51. The number of sulfonamides is 1. The largest absolute Gasteiger partial charge is 0.491 e. The van der Waals surface area contributed by atoms with E-state index in [-0.39, 0.29) is 16.9 Å². The van der Waals surface area contributed by atoms with E-state index in [9.17, 15) is 13.2 Å². The van der Waals surface area contributed by atoms with Gasteiger partial charge in [0, 0.05) is 24.3 Å². The fraction of sp³-hybridized carbons (Fsp3) is 0.350. The number of hydrogen-bond donors (Lipinski definition) is 1. The summed E-state index contributed by atoms with van der Waals surface area (Å²) in [7, 11) is -3.47. The van der Waals surface area contributed by atoms with Crippen molar-refractivity contribution in [1.29, 1.82) is 0 Å². The molecule has 1 aliphatic heterocycles. The first-order valence-electron chi connectivity index (χ1n) is 9.04. The van der Waals surface area contributed by atoms with Crippen LogP contribution in [0.1, 0.15) is 37.0 Å². The Labute approximate surface area is 160 Å². The van der Waals surface area contributed by atoms with Crippen LogP contribution in [0.4, 0.5) is 5.69 Å². The molecule has 0 atom stereocenters. The number of ether oxygens (including phenoxy) is 1. The van der Waals surface area contributed by atoms with Crippen molar-refractivity contribution in [3.05, 3.63) is 54.1 Å². The van der Waals surface area contributed by atoms with Gasteiger partial charge in [-0.15, -0.1) is 0 Å². The third kappa shape index (κ3) is 4.67. The van der Waals surface area contributed by atoms with Crippen LogP contribution in [0.25, 0.3) is 0 Å². The van der Waals surface area contributed by atoms with Crippen molar-refractivity contribution in [2.24, 2.45) is 0 Å². The highest BCUT2D eigenvalue weighted by atomic mass is 32.2. The summed E-state index contributed by atoms with van der Waals surface area (Å²) in [6.45, 7) is 5.01. The number of nitrogens with zero attached hydrogens (tertiary/aromatic N) is 1. The van der Waals surface area contributed by atoms with E-state index >= 15 is 0 Å². The summed E-state index contributed by atoms with van der Waals surface area (Å²) in [5.74, 6) is 0.442. The number of rotatable bonds is 6. The average Bonchev–Trinajstić information content (AvgIpc) is 3.18. The Hall–Kier alpha value is -2.38. The van der Waals surface area contributed by atoms with Crippen molar-refractivity contribution in [2.75, 3.05) is 18.4 Å². The van der Waals surface area contributed by atoms with Gasteiger partial charge in [-0.2, -0.15) is 4.31 Å². The van der Waals surface area contributed by atoms with Gasteiger partial charge in [0.15, 0.2) is 0 Å². The standard InChI is InChI=1S/C20H24N2O4S/c1-15(2)26-18-9-7-17(8-10-18)21-20(23)16-5-11-19(12-6-16)27(24,25)22-13-3-4-14-22/h5-12,15H,3-4,13-14H2,1-2H3,(H,21,23).